The molecule has 1 aliphatic heterocycles. The summed E-state index contributed by atoms with van der Waals surface area (Å²) in [5.74, 6) is -0.399. The largest absolute Gasteiger partial charge is 0.379 e. The van der Waals surface area contributed by atoms with Crippen LogP contribution in [0.5, 0.6) is 0 Å². The molecule has 1 fully saturated rings. The minimum absolute atomic E-state index is 0.155. The summed E-state index contributed by atoms with van der Waals surface area (Å²) < 4.78 is 58.4. The van der Waals surface area contributed by atoms with Crippen LogP contribution in [0.3, 0.4) is 0 Å². The van der Waals surface area contributed by atoms with Crippen molar-refractivity contribution in [2.75, 3.05) is 44.7 Å². The summed E-state index contributed by atoms with van der Waals surface area (Å²) in [5, 5.41) is 2.68. The van der Waals surface area contributed by atoms with Gasteiger partial charge in [-0.1, -0.05) is 26.0 Å². The van der Waals surface area contributed by atoms with Crippen LogP contribution in [0.1, 0.15) is 19.4 Å². The number of morpholine rings is 1. The Hall–Kier alpha value is -2.57. The molecule has 0 atom stereocenters. The number of nitrogens with zero attached hydrogens (tertiary/aromatic N) is 2. The zero-order chi connectivity index (χ0) is 24.8. The van der Waals surface area contributed by atoms with E-state index in [9.17, 15) is 21.6 Å². The third-order valence-electron chi connectivity index (χ3n) is 5.38. The first kappa shape index (κ1) is 26.0. The van der Waals surface area contributed by atoms with Crippen molar-refractivity contribution in [3.05, 3.63) is 60.2 Å². The Labute approximate surface area is 201 Å². The Morgan fingerprint density at radius 3 is 2.06 bits per heavy atom. The Kier molecular flexibility index (Phi) is 8.61. The number of ether oxygens (including phenoxy) is 1. The number of anilines is 1. The van der Waals surface area contributed by atoms with E-state index in [4.69, 9.17) is 4.74 Å². The number of amides is 1. The second kappa shape index (κ2) is 11.2. The Bertz CT molecular complexity index is 1210. The minimum atomic E-state index is -3.60. The Morgan fingerprint density at radius 2 is 1.50 bits per heavy atom. The lowest BCUT2D eigenvalue weighted by Crippen LogP contribution is -2.40. The third-order valence-corrected chi connectivity index (χ3v) is 9.36. The van der Waals surface area contributed by atoms with Crippen molar-refractivity contribution >= 4 is 37.7 Å². The third kappa shape index (κ3) is 6.10. The topological polar surface area (TPSA) is 113 Å². The highest BCUT2D eigenvalue weighted by Gasteiger charge is 2.26. The molecule has 0 aromatic heterocycles. The molecule has 184 valence electrons. The van der Waals surface area contributed by atoms with Gasteiger partial charge >= 0.3 is 0 Å². The molecule has 1 N–H and O–H groups in total. The van der Waals surface area contributed by atoms with Crippen LogP contribution in [-0.2, 0) is 29.6 Å². The number of hydrogen-bond acceptors (Lipinski definition) is 6. The van der Waals surface area contributed by atoms with Crippen LogP contribution < -0.4 is 5.32 Å². The van der Waals surface area contributed by atoms with Gasteiger partial charge in [-0.05, 0) is 48.0 Å². The number of sulfonamides is 2. The fraction of sp³-hybridized carbons (Fsp3) is 0.348. The van der Waals surface area contributed by atoms with Crippen LogP contribution in [0.2, 0.25) is 0 Å². The fourth-order valence-electron chi connectivity index (χ4n) is 3.47. The van der Waals surface area contributed by atoms with Gasteiger partial charge in [0.05, 0.1) is 23.0 Å². The molecule has 0 radical (unpaired) electrons. The molecule has 0 unspecified atom stereocenters. The Balaban J connectivity index is 1.62. The van der Waals surface area contributed by atoms with Crippen LogP contribution in [0.25, 0.3) is 6.08 Å². The number of benzene rings is 2. The van der Waals surface area contributed by atoms with Crippen molar-refractivity contribution in [1.29, 1.82) is 0 Å². The summed E-state index contributed by atoms with van der Waals surface area (Å²) in [4.78, 5) is 12.6. The van der Waals surface area contributed by atoms with E-state index in [1.165, 1.54) is 51.1 Å². The zero-order valence-electron chi connectivity index (χ0n) is 19.2. The maximum Gasteiger partial charge on any atom is 0.248 e. The molecule has 0 bridgehead atoms. The zero-order valence-corrected chi connectivity index (χ0v) is 20.8. The highest BCUT2D eigenvalue weighted by atomic mass is 32.2. The molecule has 0 aliphatic carbocycles. The molecule has 1 aliphatic rings. The summed E-state index contributed by atoms with van der Waals surface area (Å²) in [7, 11) is -7.13. The monoisotopic (exact) mass is 507 g/mol. The number of nitrogens with one attached hydrogen (secondary N) is 1. The molecule has 1 amide bonds. The van der Waals surface area contributed by atoms with Crippen molar-refractivity contribution in [2.24, 2.45) is 0 Å². The molecule has 11 heteroatoms. The Morgan fingerprint density at radius 1 is 0.941 bits per heavy atom. The summed E-state index contributed by atoms with van der Waals surface area (Å²) >= 11 is 0. The van der Waals surface area contributed by atoms with Gasteiger partial charge in [-0.3, -0.25) is 4.79 Å². The van der Waals surface area contributed by atoms with Crippen molar-refractivity contribution in [2.45, 2.75) is 23.6 Å². The molecule has 2 aromatic rings. The summed E-state index contributed by atoms with van der Waals surface area (Å²) in [6.45, 7) is 5.71. The minimum Gasteiger partial charge on any atom is -0.379 e. The number of rotatable bonds is 9. The lowest BCUT2D eigenvalue weighted by Gasteiger charge is -2.26. The van der Waals surface area contributed by atoms with Crippen molar-refractivity contribution < 1.29 is 26.4 Å². The highest BCUT2D eigenvalue weighted by Crippen LogP contribution is 2.20. The number of hydrogen-bond donors (Lipinski definition) is 1. The lowest BCUT2D eigenvalue weighted by molar-refractivity contribution is -0.111. The van der Waals surface area contributed by atoms with Crippen LogP contribution in [0.4, 0.5) is 5.69 Å². The number of carbonyl (C=O) groups is 1. The van der Waals surface area contributed by atoms with Gasteiger partial charge in [-0.15, -0.1) is 0 Å². The first-order chi connectivity index (χ1) is 16.2. The van der Waals surface area contributed by atoms with Crippen LogP contribution in [0, 0.1) is 0 Å². The van der Waals surface area contributed by atoms with Gasteiger partial charge in [-0.25, -0.2) is 16.8 Å². The predicted octanol–water partition coefficient (Wildman–Crippen LogP) is 2.39. The van der Waals surface area contributed by atoms with E-state index in [1.54, 1.807) is 32.1 Å². The van der Waals surface area contributed by atoms with E-state index < -0.39 is 26.0 Å². The van der Waals surface area contributed by atoms with Crippen LogP contribution in [0.15, 0.2) is 64.4 Å². The second-order valence-electron chi connectivity index (χ2n) is 7.52. The summed E-state index contributed by atoms with van der Waals surface area (Å²) in [6, 6.07) is 12.3. The van der Waals surface area contributed by atoms with E-state index in [1.807, 2.05) is 0 Å². The molecule has 0 saturated carbocycles. The second-order valence-corrected chi connectivity index (χ2v) is 11.4. The molecule has 2 aromatic carbocycles. The van der Waals surface area contributed by atoms with Gasteiger partial charge < -0.3 is 10.1 Å². The molecule has 34 heavy (non-hydrogen) atoms. The highest BCUT2D eigenvalue weighted by molar-refractivity contribution is 7.89. The first-order valence-electron chi connectivity index (χ1n) is 11.0. The molecule has 3 rings (SSSR count). The standard InChI is InChI=1S/C23H29N3O6S2/c1-3-25(4-2)33(28,29)21-10-5-19(6-11-21)7-14-23(27)24-20-8-12-22(13-9-20)34(30,31)26-15-17-32-18-16-26/h5-14H,3-4,15-18H2,1-2H3,(H,24,27)/b14-7+. The van der Waals surface area contributed by atoms with E-state index in [-0.39, 0.29) is 9.79 Å². The van der Waals surface area contributed by atoms with Crippen LogP contribution in [-0.4, -0.2) is 70.7 Å². The fourth-order valence-corrected chi connectivity index (χ4v) is 6.33. The van der Waals surface area contributed by atoms with Gasteiger partial charge in [-0.2, -0.15) is 8.61 Å². The molecule has 9 nitrogen and oxygen atoms in total. The van der Waals surface area contributed by atoms with E-state index in [0.29, 0.717) is 50.6 Å². The molecule has 1 heterocycles. The molecule has 1 saturated heterocycles. The van der Waals surface area contributed by atoms with Gasteiger partial charge in [0.25, 0.3) is 0 Å². The number of carbonyl (C=O) groups excluding carboxylic acids is 1. The first-order valence-corrected chi connectivity index (χ1v) is 13.8. The van der Waals surface area contributed by atoms with Crippen molar-refractivity contribution in [3.63, 3.8) is 0 Å². The molecular weight excluding hydrogens is 478 g/mol. The van der Waals surface area contributed by atoms with Crippen molar-refractivity contribution in [1.82, 2.24) is 8.61 Å². The summed E-state index contributed by atoms with van der Waals surface area (Å²) in [6.07, 6.45) is 2.90. The predicted molar refractivity (Wildman–Crippen MR) is 130 cm³/mol. The quantitative estimate of drug-likeness (QED) is 0.522. The maximum absolute atomic E-state index is 12.7. The summed E-state index contributed by atoms with van der Waals surface area (Å²) in [5.41, 5.74) is 1.12. The van der Waals surface area contributed by atoms with Gasteiger partial charge in [0.2, 0.25) is 26.0 Å². The SMILES string of the molecule is CCN(CC)S(=O)(=O)c1ccc(/C=C/C(=O)Nc2ccc(S(=O)(=O)N3CCOCC3)cc2)cc1. The van der Waals surface area contributed by atoms with E-state index >= 15 is 0 Å². The van der Waals surface area contributed by atoms with Crippen molar-refractivity contribution in [3.8, 4) is 0 Å². The lowest BCUT2D eigenvalue weighted by atomic mass is 10.2. The van der Waals surface area contributed by atoms with Crippen LogP contribution >= 0.6 is 0 Å². The molecule has 0 spiro atoms. The molecular formula is C23H29N3O6S2. The average molecular weight is 508 g/mol. The van der Waals surface area contributed by atoms with Gasteiger partial charge in [0, 0.05) is 37.9 Å². The maximum atomic E-state index is 12.7. The van der Waals surface area contributed by atoms with E-state index in [2.05, 4.69) is 5.32 Å². The van der Waals surface area contributed by atoms with Gasteiger partial charge in [0.1, 0.15) is 0 Å². The van der Waals surface area contributed by atoms with E-state index in [0.717, 1.165) is 0 Å². The normalized spacial score (nSPS) is 15.6. The van der Waals surface area contributed by atoms with Gasteiger partial charge in [0.15, 0.2) is 0 Å². The smallest absolute Gasteiger partial charge is 0.248 e. The average Bonchev–Trinajstić information content (AvgIpc) is 2.84.